The Morgan fingerprint density at radius 1 is 1.15 bits per heavy atom. The number of sulfonamides is 1. The van der Waals surface area contributed by atoms with Crippen molar-refractivity contribution in [1.29, 1.82) is 0 Å². The molecule has 1 atom stereocenters. The van der Waals surface area contributed by atoms with Gasteiger partial charge in [-0.15, -0.1) is 0 Å². The lowest BCUT2D eigenvalue weighted by atomic mass is 9.98. The fourth-order valence-corrected chi connectivity index (χ4v) is 4.60. The average Bonchev–Trinajstić information content (AvgIpc) is 2.64. The van der Waals surface area contributed by atoms with Gasteiger partial charge in [0.15, 0.2) is 0 Å². The van der Waals surface area contributed by atoms with Crippen LogP contribution in [-0.4, -0.2) is 31.7 Å². The van der Waals surface area contributed by atoms with Gasteiger partial charge >= 0.3 is 0 Å². The highest BCUT2D eigenvalue weighted by Crippen LogP contribution is 2.25. The molecule has 1 fully saturated rings. The molecule has 1 unspecified atom stereocenters. The lowest BCUT2D eigenvalue weighted by Crippen LogP contribution is -2.43. The molecule has 1 amide bonds. The van der Waals surface area contributed by atoms with E-state index in [4.69, 9.17) is 0 Å². The van der Waals surface area contributed by atoms with Gasteiger partial charge in [-0.2, -0.15) is 4.31 Å². The Bertz CT molecular complexity index is 897. The third kappa shape index (κ3) is 3.94. The van der Waals surface area contributed by atoms with E-state index in [1.807, 2.05) is 31.2 Å². The topological polar surface area (TPSA) is 66.5 Å². The third-order valence-electron chi connectivity index (χ3n) is 4.61. The van der Waals surface area contributed by atoms with Gasteiger partial charge in [0.2, 0.25) is 15.9 Å². The van der Waals surface area contributed by atoms with Crippen LogP contribution in [0.5, 0.6) is 0 Å². The summed E-state index contributed by atoms with van der Waals surface area (Å²) < 4.78 is 39.9. The molecule has 0 spiro atoms. The molecule has 138 valence electrons. The number of anilines is 1. The van der Waals surface area contributed by atoms with Crippen LogP contribution in [0.3, 0.4) is 0 Å². The number of hydrogen-bond donors (Lipinski definition) is 1. The van der Waals surface area contributed by atoms with E-state index in [1.54, 1.807) is 0 Å². The Labute approximate surface area is 152 Å². The molecule has 0 radical (unpaired) electrons. The summed E-state index contributed by atoms with van der Waals surface area (Å²) in [6, 6.07) is 12.2. The van der Waals surface area contributed by atoms with Gasteiger partial charge in [-0.3, -0.25) is 4.79 Å². The minimum Gasteiger partial charge on any atom is -0.326 e. The van der Waals surface area contributed by atoms with Gasteiger partial charge < -0.3 is 5.32 Å². The van der Waals surface area contributed by atoms with Crippen molar-refractivity contribution in [2.24, 2.45) is 5.92 Å². The Hall–Kier alpha value is -2.25. The summed E-state index contributed by atoms with van der Waals surface area (Å²) in [5.74, 6) is -1.09. The molecule has 1 saturated heterocycles. The number of hydrogen-bond acceptors (Lipinski definition) is 3. The molecule has 0 saturated carbocycles. The van der Waals surface area contributed by atoms with Crippen molar-refractivity contribution < 1.29 is 17.6 Å². The normalized spacial score (nSPS) is 18.5. The first-order chi connectivity index (χ1) is 12.4. The van der Waals surface area contributed by atoms with Crippen molar-refractivity contribution in [3.63, 3.8) is 0 Å². The van der Waals surface area contributed by atoms with Gasteiger partial charge in [-0.1, -0.05) is 18.2 Å². The molecule has 1 N–H and O–H groups in total. The summed E-state index contributed by atoms with van der Waals surface area (Å²) in [6.45, 7) is 2.38. The number of carbonyl (C=O) groups is 1. The van der Waals surface area contributed by atoms with Crippen LogP contribution in [-0.2, 0) is 14.8 Å². The van der Waals surface area contributed by atoms with E-state index in [9.17, 15) is 17.6 Å². The van der Waals surface area contributed by atoms with Crippen molar-refractivity contribution in [1.82, 2.24) is 4.31 Å². The fraction of sp³-hybridized carbons (Fsp3) is 0.316. The van der Waals surface area contributed by atoms with Gasteiger partial charge in [0.05, 0.1) is 10.8 Å². The zero-order valence-corrected chi connectivity index (χ0v) is 15.3. The molecule has 1 aliphatic heterocycles. The van der Waals surface area contributed by atoms with Crippen LogP contribution >= 0.6 is 0 Å². The number of nitrogens with one attached hydrogen (secondary N) is 1. The highest BCUT2D eigenvalue weighted by molar-refractivity contribution is 7.89. The fourth-order valence-electron chi connectivity index (χ4n) is 3.08. The number of carbonyl (C=O) groups excluding carboxylic acids is 1. The Kier molecular flexibility index (Phi) is 5.38. The van der Waals surface area contributed by atoms with E-state index < -0.39 is 21.8 Å². The minimum atomic E-state index is -3.74. The number of piperidine rings is 1. The van der Waals surface area contributed by atoms with Crippen molar-refractivity contribution in [2.45, 2.75) is 24.7 Å². The number of rotatable bonds is 4. The van der Waals surface area contributed by atoms with Crippen molar-refractivity contribution in [2.75, 3.05) is 18.4 Å². The molecule has 7 heteroatoms. The summed E-state index contributed by atoms with van der Waals surface area (Å²) in [7, 11) is -3.74. The zero-order chi connectivity index (χ0) is 18.7. The second-order valence-electron chi connectivity index (χ2n) is 6.46. The Balaban J connectivity index is 1.73. The number of aryl methyl sites for hydroxylation is 1. The number of benzene rings is 2. The highest BCUT2D eigenvalue weighted by Gasteiger charge is 2.33. The predicted molar refractivity (Wildman–Crippen MR) is 97.7 cm³/mol. The molecule has 0 bridgehead atoms. The maximum Gasteiger partial charge on any atom is 0.243 e. The van der Waals surface area contributed by atoms with Crippen LogP contribution < -0.4 is 5.32 Å². The zero-order valence-electron chi connectivity index (χ0n) is 14.5. The van der Waals surface area contributed by atoms with E-state index >= 15 is 0 Å². The monoisotopic (exact) mass is 376 g/mol. The number of nitrogens with zero attached hydrogens (tertiary/aromatic N) is 1. The maximum absolute atomic E-state index is 13.1. The van der Waals surface area contributed by atoms with E-state index in [1.165, 1.54) is 16.4 Å². The van der Waals surface area contributed by atoms with E-state index in [0.717, 1.165) is 23.4 Å². The van der Waals surface area contributed by atoms with E-state index in [-0.39, 0.29) is 17.3 Å². The first kappa shape index (κ1) is 18.5. The quantitative estimate of drug-likeness (QED) is 0.891. The Morgan fingerprint density at radius 2 is 1.85 bits per heavy atom. The van der Waals surface area contributed by atoms with Gasteiger partial charge in [-0.05, 0) is 55.7 Å². The molecule has 0 aliphatic carbocycles. The molecular weight excluding hydrogens is 355 g/mol. The third-order valence-corrected chi connectivity index (χ3v) is 6.49. The summed E-state index contributed by atoms with van der Waals surface area (Å²) in [4.78, 5) is 12.6. The maximum atomic E-state index is 13.1. The highest BCUT2D eigenvalue weighted by atomic mass is 32.2. The average molecular weight is 376 g/mol. The van der Waals surface area contributed by atoms with Crippen LogP contribution in [0.2, 0.25) is 0 Å². The summed E-state index contributed by atoms with van der Waals surface area (Å²) >= 11 is 0. The molecule has 1 heterocycles. The molecule has 0 aromatic heterocycles. The first-order valence-corrected chi connectivity index (χ1v) is 9.94. The second-order valence-corrected chi connectivity index (χ2v) is 8.40. The van der Waals surface area contributed by atoms with E-state index in [0.29, 0.717) is 19.4 Å². The summed E-state index contributed by atoms with van der Waals surface area (Å²) in [5.41, 5.74) is 1.68. The molecule has 26 heavy (non-hydrogen) atoms. The van der Waals surface area contributed by atoms with Crippen LogP contribution in [0.25, 0.3) is 0 Å². The van der Waals surface area contributed by atoms with Gasteiger partial charge in [0.25, 0.3) is 0 Å². The van der Waals surface area contributed by atoms with Gasteiger partial charge in [0, 0.05) is 18.8 Å². The molecule has 3 rings (SSSR count). The lowest BCUT2D eigenvalue weighted by Gasteiger charge is -2.31. The molecular formula is C19H21FN2O3S. The molecule has 2 aromatic rings. The number of halogens is 1. The Morgan fingerprint density at radius 3 is 2.54 bits per heavy atom. The van der Waals surface area contributed by atoms with Crippen molar-refractivity contribution in [3.05, 3.63) is 59.9 Å². The van der Waals surface area contributed by atoms with Crippen molar-refractivity contribution >= 4 is 21.6 Å². The van der Waals surface area contributed by atoms with Crippen LogP contribution in [0.15, 0.2) is 53.4 Å². The number of para-hydroxylation sites is 1. The first-order valence-electron chi connectivity index (χ1n) is 8.50. The summed E-state index contributed by atoms with van der Waals surface area (Å²) in [5, 5.41) is 2.89. The van der Waals surface area contributed by atoms with Crippen molar-refractivity contribution in [3.8, 4) is 0 Å². The largest absolute Gasteiger partial charge is 0.326 e. The van der Waals surface area contributed by atoms with Crippen LogP contribution in [0.1, 0.15) is 18.4 Å². The lowest BCUT2D eigenvalue weighted by molar-refractivity contribution is -0.120. The predicted octanol–water partition coefficient (Wildman–Crippen LogP) is 3.17. The molecule has 2 aromatic carbocycles. The molecule has 5 nitrogen and oxygen atoms in total. The van der Waals surface area contributed by atoms with Gasteiger partial charge in [0.1, 0.15) is 5.82 Å². The smallest absolute Gasteiger partial charge is 0.243 e. The van der Waals surface area contributed by atoms with E-state index in [2.05, 4.69) is 5.32 Å². The van der Waals surface area contributed by atoms with Crippen LogP contribution in [0.4, 0.5) is 10.1 Å². The van der Waals surface area contributed by atoms with Gasteiger partial charge in [-0.25, -0.2) is 12.8 Å². The van der Waals surface area contributed by atoms with Crippen LogP contribution in [0, 0.1) is 18.7 Å². The molecule has 1 aliphatic rings. The standard InChI is InChI=1S/C19H21FN2O3S/c1-14-5-2-3-7-18(14)21-19(23)15-6-4-12-22(13-15)26(24,25)17-10-8-16(20)9-11-17/h2-3,5,7-11,15H,4,6,12-13H2,1H3,(H,21,23). The number of amides is 1. The second kappa shape index (κ2) is 7.55. The SMILES string of the molecule is Cc1ccccc1NC(=O)C1CCCN(S(=O)(=O)c2ccc(F)cc2)C1. The summed E-state index contributed by atoms with van der Waals surface area (Å²) in [6.07, 6.45) is 1.24. The minimum absolute atomic E-state index is 0.0406.